The van der Waals surface area contributed by atoms with Crippen LogP contribution in [0.5, 0.6) is 0 Å². The van der Waals surface area contributed by atoms with Crippen molar-refractivity contribution >= 4 is 17.2 Å². The SMILES string of the molecule is CCc1sc(C(=O)N2CCNC[C@H]2C)cc1C. The summed E-state index contributed by atoms with van der Waals surface area (Å²) in [4.78, 5) is 16.6. The van der Waals surface area contributed by atoms with Crippen LogP contribution in [0.3, 0.4) is 0 Å². The third kappa shape index (κ3) is 2.53. The summed E-state index contributed by atoms with van der Waals surface area (Å²) >= 11 is 1.65. The largest absolute Gasteiger partial charge is 0.333 e. The molecular formula is C13H20N2OS. The highest BCUT2D eigenvalue weighted by Gasteiger charge is 2.25. The molecule has 3 nitrogen and oxygen atoms in total. The van der Waals surface area contributed by atoms with E-state index in [-0.39, 0.29) is 5.91 Å². The van der Waals surface area contributed by atoms with E-state index in [2.05, 4.69) is 26.1 Å². The van der Waals surface area contributed by atoms with E-state index in [1.807, 2.05) is 11.0 Å². The zero-order valence-electron chi connectivity index (χ0n) is 10.7. The van der Waals surface area contributed by atoms with Crippen LogP contribution < -0.4 is 5.32 Å². The molecule has 1 amide bonds. The van der Waals surface area contributed by atoms with Crippen LogP contribution >= 0.6 is 11.3 Å². The minimum absolute atomic E-state index is 0.201. The molecule has 1 saturated heterocycles. The number of hydrogen-bond acceptors (Lipinski definition) is 3. The van der Waals surface area contributed by atoms with Crippen LogP contribution in [-0.2, 0) is 6.42 Å². The number of thiophene rings is 1. The molecule has 2 rings (SSSR count). The molecule has 1 aromatic heterocycles. The van der Waals surface area contributed by atoms with Crippen LogP contribution in [0, 0.1) is 6.92 Å². The smallest absolute Gasteiger partial charge is 0.264 e. The monoisotopic (exact) mass is 252 g/mol. The van der Waals surface area contributed by atoms with Crippen molar-refractivity contribution in [1.29, 1.82) is 0 Å². The molecule has 1 aliphatic heterocycles. The summed E-state index contributed by atoms with van der Waals surface area (Å²) in [6, 6.07) is 2.34. The number of carbonyl (C=O) groups excluding carboxylic acids is 1. The Hall–Kier alpha value is -0.870. The number of nitrogens with zero attached hydrogens (tertiary/aromatic N) is 1. The molecule has 0 unspecified atom stereocenters. The molecule has 1 fully saturated rings. The van der Waals surface area contributed by atoms with E-state index in [1.54, 1.807) is 11.3 Å². The van der Waals surface area contributed by atoms with Crippen LogP contribution in [0.4, 0.5) is 0 Å². The van der Waals surface area contributed by atoms with Crippen LogP contribution in [0.1, 0.15) is 34.0 Å². The first-order chi connectivity index (χ1) is 8.13. The highest BCUT2D eigenvalue weighted by Crippen LogP contribution is 2.24. The molecule has 1 atom stereocenters. The van der Waals surface area contributed by atoms with Crippen LogP contribution in [0.25, 0.3) is 0 Å². The van der Waals surface area contributed by atoms with Crippen molar-refractivity contribution in [1.82, 2.24) is 10.2 Å². The molecule has 1 N–H and O–H groups in total. The summed E-state index contributed by atoms with van der Waals surface area (Å²) in [5.74, 6) is 0.201. The molecule has 1 aliphatic rings. The van der Waals surface area contributed by atoms with Crippen LogP contribution in [0.15, 0.2) is 6.07 Å². The lowest BCUT2D eigenvalue weighted by Crippen LogP contribution is -2.52. The Morgan fingerprint density at radius 1 is 1.65 bits per heavy atom. The second-order valence-electron chi connectivity index (χ2n) is 4.62. The van der Waals surface area contributed by atoms with Gasteiger partial charge in [-0.05, 0) is 31.9 Å². The third-order valence-electron chi connectivity index (χ3n) is 3.31. The topological polar surface area (TPSA) is 32.3 Å². The first-order valence-corrected chi connectivity index (χ1v) is 7.06. The van der Waals surface area contributed by atoms with Crippen molar-refractivity contribution in [3.63, 3.8) is 0 Å². The lowest BCUT2D eigenvalue weighted by atomic mass is 10.2. The Balaban J connectivity index is 2.17. The van der Waals surface area contributed by atoms with Crippen LogP contribution in [0.2, 0.25) is 0 Å². The number of aryl methyl sites for hydroxylation is 2. The van der Waals surface area contributed by atoms with Gasteiger partial charge in [-0.15, -0.1) is 11.3 Å². The highest BCUT2D eigenvalue weighted by molar-refractivity contribution is 7.14. The van der Waals surface area contributed by atoms with Crippen molar-refractivity contribution in [2.75, 3.05) is 19.6 Å². The summed E-state index contributed by atoms with van der Waals surface area (Å²) in [5, 5.41) is 3.31. The standard InChI is InChI=1S/C13H20N2OS/c1-4-11-9(2)7-12(17-11)13(16)15-6-5-14-8-10(15)3/h7,10,14H,4-6,8H2,1-3H3/t10-/m1/s1. The first-order valence-electron chi connectivity index (χ1n) is 6.24. The third-order valence-corrected chi connectivity index (χ3v) is 4.68. The first kappa shape index (κ1) is 12.6. The van der Waals surface area contributed by atoms with E-state index in [4.69, 9.17) is 0 Å². The van der Waals surface area contributed by atoms with E-state index in [0.29, 0.717) is 6.04 Å². The van der Waals surface area contributed by atoms with E-state index < -0.39 is 0 Å². The van der Waals surface area contributed by atoms with Crippen molar-refractivity contribution in [3.8, 4) is 0 Å². The van der Waals surface area contributed by atoms with Gasteiger partial charge in [0.1, 0.15) is 0 Å². The summed E-state index contributed by atoms with van der Waals surface area (Å²) in [7, 11) is 0. The van der Waals surface area contributed by atoms with Gasteiger partial charge in [0, 0.05) is 30.6 Å². The number of hydrogen-bond donors (Lipinski definition) is 1. The molecule has 94 valence electrons. The van der Waals surface area contributed by atoms with Gasteiger partial charge in [-0.1, -0.05) is 6.92 Å². The molecule has 0 saturated carbocycles. The van der Waals surface area contributed by atoms with Gasteiger partial charge >= 0.3 is 0 Å². The van der Waals surface area contributed by atoms with Gasteiger partial charge in [-0.3, -0.25) is 4.79 Å². The van der Waals surface area contributed by atoms with Gasteiger partial charge in [-0.25, -0.2) is 0 Å². The molecular weight excluding hydrogens is 232 g/mol. The fourth-order valence-corrected chi connectivity index (χ4v) is 3.33. The van der Waals surface area contributed by atoms with E-state index in [1.165, 1.54) is 10.4 Å². The highest BCUT2D eigenvalue weighted by atomic mass is 32.1. The number of amides is 1. The minimum atomic E-state index is 0.201. The summed E-state index contributed by atoms with van der Waals surface area (Å²) in [6.45, 7) is 8.95. The predicted octanol–water partition coefficient (Wildman–Crippen LogP) is 2.05. The fourth-order valence-electron chi connectivity index (χ4n) is 2.26. The Labute approximate surface area is 107 Å². The van der Waals surface area contributed by atoms with Crippen LogP contribution in [-0.4, -0.2) is 36.5 Å². The Morgan fingerprint density at radius 2 is 2.41 bits per heavy atom. The number of carbonyl (C=O) groups is 1. The summed E-state index contributed by atoms with van der Waals surface area (Å²) in [5.41, 5.74) is 1.25. The van der Waals surface area contributed by atoms with Crippen molar-refractivity contribution in [2.45, 2.75) is 33.2 Å². The van der Waals surface area contributed by atoms with Gasteiger partial charge in [0.05, 0.1) is 4.88 Å². The predicted molar refractivity (Wildman–Crippen MR) is 71.8 cm³/mol. The van der Waals surface area contributed by atoms with Crippen molar-refractivity contribution in [3.05, 3.63) is 21.4 Å². The van der Waals surface area contributed by atoms with Gasteiger partial charge < -0.3 is 10.2 Å². The zero-order valence-corrected chi connectivity index (χ0v) is 11.6. The average Bonchev–Trinajstić information content (AvgIpc) is 2.70. The molecule has 4 heteroatoms. The molecule has 0 radical (unpaired) electrons. The van der Waals surface area contributed by atoms with E-state index in [0.717, 1.165) is 30.9 Å². The number of piperazine rings is 1. The maximum atomic E-state index is 12.4. The lowest BCUT2D eigenvalue weighted by molar-refractivity contribution is 0.0661. The Kier molecular flexibility index (Phi) is 3.84. The summed E-state index contributed by atoms with van der Waals surface area (Å²) in [6.07, 6.45) is 1.01. The van der Waals surface area contributed by atoms with Crippen molar-refractivity contribution in [2.24, 2.45) is 0 Å². The number of nitrogens with one attached hydrogen (secondary N) is 1. The van der Waals surface area contributed by atoms with Crippen molar-refractivity contribution < 1.29 is 4.79 Å². The summed E-state index contributed by atoms with van der Waals surface area (Å²) < 4.78 is 0. The maximum absolute atomic E-state index is 12.4. The second kappa shape index (κ2) is 5.19. The molecule has 0 bridgehead atoms. The van der Waals surface area contributed by atoms with Gasteiger partial charge in [0.2, 0.25) is 0 Å². The van der Waals surface area contributed by atoms with E-state index in [9.17, 15) is 4.79 Å². The van der Waals surface area contributed by atoms with E-state index >= 15 is 0 Å². The molecule has 0 aliphatic carbocycles. The quantitative estimate of drug-likeness (QED) is 0.873. The normalized spacial score (nSPS) is 20.6. The molecule has 17 heavy (non-hydrogen) atoms. The van der Waals surface area contributed by atoms with Gasteiger partial charge in [-0.2, -0.15) is 0 Å². The van der Waals surface area contributed by atoms with Gasteiger partial charge in [0.25, 0.3) is 5.91 Å². The molecule has 0 aromatic carbocycles. The second-order valence-corrected chi connectivity index (χ2v) is 5.76. The van der Waals surface area contributed by atoms with Gasteiger partial charge in [0.15, 0.2) is 0 Å². The molecule has 1 aromatic rings. The number of rotatable bonds is 2. The molecule has 2 heterocycles. The zero-order chi connectivity index (χ0) is 12.4. The lowest BCUT2D eigenvalue weighted by Gasteiger charge is -2.33. The fraction of sp³-hybridized carbons (Fsp3) is 0.615. The maximum Gasteiger partial charge on any atom is 0.264 e. The Bertz CT molecular complexity index is 414. The molecule has 0 spiro atoms. The average molecular weight is 252 g/mol. The Morgan fingerprint density at radius 3 is 3.00 bits per heavy atom. The minimum Gasteiger partial charge on any atom is -0.333 e.